The summed E-state index contributed by atoms with van der Waals surface area (Å²) in [5.74, 6) is -1.28. The molecule has 0 spiro atoms. The molecule has 1 aromatic heterocycles. The number of carbonyl (C=O) groups excluding carboxylic acids is 2. The molecule has 0 aliphatic carbocycles. The number of carbonyl (C=O) groups is 2. The third kappa shape index (κ3) is 3.77. The number of nitrogens with one attached hydrogen (secondary N) is 1. The maximum absolute atomic E-state index is 12.5. The Bertz CT molecular complexity index is 1150. The molecule has 0 aliphatic rings. The minimum Gasteiger partial charge on any atom is -0.449 e. The van der Waals surface area contributed by atoms with E-state index in [0.717, 1.165) is 0 Å². The highest BCUT2D eigenvalue weighted by atomic mass is 32.2. The summed E-state index contributed by atoms with van der Waals surface area (Å²) in [5.41, 5.74) is 6.65. The number of primary amides is 1. The fourth-order valence-electron chi connectivity index (χ4n) is 2.78. The number of sulfone groups is 1. The summed E-state index contributed by atoms with van der Waals surface area (Å²) in [4.78, 5) is 24.3. The minimum atomic E-state index is -3.37. The molecule has 3 rings (SSSR count). The number of benzene rings is 2. The lowest BCUT2D eigenvalue weighted by Gasteiger charge is -2.09. The number of furan rings is 1. The van der Waals surface area contributed by atoms with Gasteiger partial charge in [0.05, 0.1) is 16.6 Å². The van der Waals surface area contributed by atoms with Gasteiger partial charge in [-0.3, -0.25) is 9.59 Å². The minimum absolute atomic E-state index is 0.000283. The summed E-state index contributed by atoms with van der Waals surface area (Å²) in [6.07, 6.45) is -0.000283. The molecule has 3 aromatic rings. The molecule has 0 fully saturated rings. The van der Waals surface area contributed by atoms with Crippen molar-refractivity contribution in [1.29, 1.82) is 0 Å². The van der Waals surface area contributed by atoms with Crippen molar-refractivity contribution < 1.29 is 22.4 Å². The smallest absolute Gasteiger partial charge is 0.286 e. The molecular weight excluding hydrogens is 380 g/mol. The molecule has 7 nitrogen and oxygen atoms in total. The Morgan fingerprint density at radius 2 is 1.71 bits per heavy atom. The summed E-state index contributed by atoms with van der Waals surface area (Å²) < 4.78 is 29.8. The molecule has 0 saturated heterocycles. The molecule has 28 heavy (non-hydrogen) atoms. The predicted molar refractivity (Wildman–Crippen MR) is 106 cm³/mol. The van der Waals surface area contributed by atoms with Crippen LogP contribution in [0.4, 0.5) is 5.69 Å². The van der Waals surface area contributed by atoms with E-state index in [2.05, 4.69) is 5.32 Å². The van der Waals surface area contributed by atoms with Crippen LogP contribution in [0.1, 0.15) is 30.0 Å². The standard InChI is InChI=1S/C20H20N2O5S/c1-12(2)28(25,26)14-9-7-13(8-10-14)11-17(23)22-18-15-5-3-4-6-16(15)27-19(18)20(21)24/h3-10,12H,11H2,1-2H3,(H2,21,24)(H,22,23). The Hall–Kier alpha value is -3.13. The first kappa shape index (κ1) is 19.6. The monoisotopic (exact) mass is 400 g/mol. The molecular formula is C20H20N2O5S. The SMILES string of the molecule is CC(C)S(=O)(=O)c1ccc(CC(=O)Nc2c(C(N)=O)oc3ccccc23)cc1. The van der Waals surface area contributed by atoms with Crippen molar-refractivity contribution in [2.45, 2.75) is 30.4 Å². The van der Waals surface area contributed by atoms with E-state index in [1.54, 1.807) is 50.2 Å². The Morgan fingerprint density at radius 3 is 2.32 bits per heavy atom. The first-order chi connectivity index (χ1) is 13.2. The highest BCUT2D eigenvalue weighted by molar-refractivity contribution is 7.92. The highest BCUT2D eigenvalue weighted by Gasteiger charge is 2.21. The van der Waals surface area contributed by atoms with Crippen molar-refractivity contribution in [1.82, 2.24) is 0 Å². The van der Waals surface area contributed by atoms with Crippen LogP contribution in [0.15, 0.2) is 57.8 Å². The van der Waals surface area contributed by atoms with E-state index in [1.165, 1.54) is 12.1 Å². The van der Waals surface area contributed by atoms with E-state index in [1.807, 2.05) is 0 Å². The Kier molecular flexibility index (Phi) is 5.24. The third-order valence-corrected chi connectivity index (χ3v) is 6.49. The van der Waals surface area contributed by atoms with Gasteiger partial charge in [-0.05, 0) is 43.7 Å². The van der Waals surface area contributed by atoms with Gasteiger partial charge in [-0.2, -0.15) is 0 Å². The molecule has 0 unspecified atom stereocenters. The van der Waals surface area contributed by atoms with Gasteiger partial charge in [-0.25, -0.2) is 8.42 Å². The van der Waals surface area contributed by atoms with E-state index in [4.69, 9.17) is 10.2 Å². The Balaban J connectivity index is 1.81. The highest BCUT2D eigenvalue weighted by Crippen LogP contribution is 2.30. The van der Waals surface area contributed by atoms with Crippen LogP contribution in [0.25, 0.3) is 11.0 Å². The molecule has 2 amide bonds. The average molecular weight is 400 g/mol. The molecule has 8 heteroatoms. The van der Waals surface area contributed by atoms with Crippen molar-refractivity contribution in [2.75, 3.05) is 5.32 Å². The largest absolute Gasteiger partial charge is 0.449 e. The van der Waals surface area contributed by atoms with Gasteiger partial charge in [0, 0.05) is 5.39 Å². The zero-order valence-electron chi connectivity index (χ0n) is 15.4. The summed E-state index contributed by atoms with van der Waals surface area (Å²) in [7, 11) is -3.37. The van der Waals surface area contributed by atoms with Crippen LogP contribution in [0.5, 0.6) is 0 Å². The lowest BCUT2D eigenvalue weighted by atomic mass is 10.1. The number of para-hydroxylation sites is 1. The lowest BCUT2D eigenvalue weighted by Crippen LogP contribution is -2.18. The maximum atomic E-state index is 12.5. The van der Waals surface area contributed by atoms with Gasteiger partial charge in [-0.15, -0.1) is 0 Å². The molecule has 3 N–H and O–H groups in total. The van der Waals surface area contributed by atoms with E-state index < -0.39 is 21.0 Å². The fourth-order valence-corrected chi connectivity index (χ4v) is 3.84. The number of amides is 2. The Morgan fingerprint density at radius 1 is 1.07 bits per heavy atom. The molecule has 0 atom stereocenters. The molecule has 146 valence electrons. The average Bonchev–Trinajstić information content (AvgIpc) is 3.01. The molecule has 0 radical (unpaired) electrons. The van der Waals surface area contributed by atoms with Gasteiger partial charge in [0.25, 0.3) is 5.91 Å². The third-order valence-electron chi connectivity index (χ3n) is 4.32. The number of rotatable bonds is 6. The number of fused-ring (bicyclic) bond motifs is 1. The molecule has 0 bridgehead atoms. The molecule has 2 aromatic carbocycles. The van der Waals surface area contributed by atoms with E-state index in [-0.39, 0.29) is 28.7 Å². The van der Waals surface area contributed by atoms with Gasteiger partial charge in [0.2, 0.25) is 11.7 Å². The lowest BCUT2D eigenvalue weighted by molar-refractivity contribution is -0.115. The van der Waals surface area contributed by atoms with Gasteiger partial charge in [0.1, 0.15) is 11.3 Å². The predicted octanol–water partition coefficient (Wildman–Crippen LogP) is 2.90. The second-order valence-corrected chi connectivity index (χ2v) is 9.13. The normalized spacial score (nSPS) is 11.7. The summed E-state index contributed by atoms with van der Waals surface area (Å²) >= 11 is 0. The Labute approximate surface area is 162 Å². The van der Waals surface area contributed by atoms with Crippen LogP contribution in [0, 0.1) is 0 Å². The first-order valence-corrected chi connectivity index (χ1v) is 10.2. The zero-order chi connectivity index (χ0) is 20.5. The number of hydrogen-bond acceptors (Lipinski definition) is 5. The van der Waals surface area contributed by atoms with Crippen LogP contribution < -0.4 is 11.1 Å². The van der Waals surface area contributed by atoms with Gasteiger partial charge < -0.3 is 15.5 Å². The van der Waals surface area contributed by atoms with Crippen LogP contribution >= 0.6 is 0 Å². The van der Waals surface area contributed by atoms with Crippen molar-refractivity contribution in [3.63, 3.8) is 0 Å². The van der Waals surface area contributed by atoms with Crippen molar-refractivity contribution in [3.8, 4) is 0 Å². The van der Waals surface area contributed by atoms with E-state index >= 15 is 0 Å². The van der Waals surface area contributed by atoms with Gasteiger partial charge >= 0.3 is 0 Å². The summed E-state index contributed by atoms with van der Waals surface area (Å²) in [6.45, 7) is 3.23. The summed E-state index contributed by atoms with van der Waals surface area (Å²) in [6, 6.07) is 13.0. The number of hydrogen-bond donors (Lipinski definition) is 2. The van der Waals surface area contributed by atoms with Crippen LogP contribution in [0.2, 0.25) is 0 Å². The topological polar surface area (TPSA) is 119 Å². The van der Waals surface area contributed by atoms with Crippen LogP contribution in [0.3, 0.4) is 0 Å². The zero-order valence-corrected chi connectivity index (χ0v) is 16.2. The van der Waals surface area contributed by atoms with E-state index in [0.29, 0.717) is 16.5 Å². The molecule has 0 saturated carbocycles. The van der Waals surface area contributed by atoms with Crippen molar-refractivity contribution >= 4 is 38.3 Å². The molecule has 1 heterocycles. The second kappa shape index (κ2) is 7.47. The molecule has 0 aliphatic heterocycles. The fraction of sp³-hybridized carbons (Fsp3) is 0.200. The van der Waals surface area contributed by atoms with Crippen LogP contribution in [-0.4, -0.2) is 25.5 Å². The van der Waals surface area contributed by atoms with Crippen molar-refractivity contribution in [3.05, 3.63) is 59.9 Å². The number of anilines is 1. The van der Waals surface area contributed by atoms with Crippen LogP contribution in [-0.2, 0) is 21.1 Å². The van der Waals surface area contributed by atoms with E-state index in [9.17, 15) is 18.0 Å². The first-order valence-electron chi connectivity index (χ1n) is 8.64. The quantitative estimate of drug-likeness (QED) is 0.659. The van der Waals surface area contributed by atoms with Gasteiger partial charge in [-0.1, -0.05) is 24.3 Å². The number of nitrogens with two attached hydrogens (primary N) is 1. The van der Waals surface area contributed by atoms with Gasteiger partial charge in [0.15, 0.2) is 9.84 Å². The summed E-state index contributed by atoms with van der Waals surface area (Å²) in [5, 5.41) is 2.72. The second-order valence-electron chi connectivity index (χ2n) is 6.63. The maximum Gasteiger partial charge on any atom is 0.286 e. The van der Waals surface area contributed by atoms with Crippen molar-refractivity contribution in [2.24, 2.45) is 5.73 Å².